The molecule has 13 heteroatoms. The Morgan fingerprint density at radius 1 is 0.933 bits per heavy atom. The highest BCUT2D eigenvalue weighted by Gasteiger charge is 2.27. The molecule has 10 nitrogen and oxygen atoms in total. The highest BCUT2D eigenvalue weighted by molar-refractivity contribution is 7.92. The van der Waals surface area contributed by atoms with Gasteiger partial charge in [-0.15, -0.1) is 0 Å². The van der Waals surface area contributed by atoms with Crippen LogP contribution in [-0.4, -0.2) is 44.6 Å². The summed E-state index contributed by atoms with van der Waals surface area (Å²) >= 11 is 6.02. The van der Waals surface area contributed by atoms with E-state index in [-0.39, 0.29) is 42.1 Å². The molecule has 4 aromatic carbocycles. The van der Waals surface area contributed by atoms with Crippen molar-refractivity contribution in [3.63, 3.8) is 0 Å². The summed E-state index contributed by atoms with van der Waals surface area (Å²) in [6.07, 6.45) is 0. The Kier molecular flexibility index (Phi) is 9.74. The van der Waals surface area contributed by atoms with Gasteiger partial charge in [-0.2, -0.15) is 0 Å². The van der Waals surface area contributed by atoms with Crippen LogP contribution in [0.15, 0.2) is 95.9 Å². The summed E-state index contributed by atoms with van der Waals surface area (Å²) in [5.41, 5.74) is 1.76. The van der Waals surface area contributed by atoms with E-state index < -0.39 is 34.4 Å². The summed E-state index contributed by atoms with van der Waals surface area (Å²) in [5, 5.41) is 3.40. The van der Waals surface area contributed by atoms with Gasteiger partial charge >= 0.3 is 0 Å². The predicted molar refractivity (Wildman–Crippen MR) is 165 cm³/mol. The second kappa shape index (κ2) is 13.9. The van der Waals surface area contributed by atoms with Crippen LogP contribution in [0, 0.1) is 5.82 Å². The second-order valence-electron chi connectivity index (χ2n) is 10.1. The first kappa shape index (κ1) is 31.6. The SMILES string of the molecule is C[C@@H](C(=O)NCc1ccc2c(c1)OCO2)N(Cc1ccc(Cl)cc1)C(=O)COc1ccc(S(=O)(=O)Nc2ccc(F)cc2)cc1. The van der Waals surface area contributed by atoms with Gasteiger partial charge in [-0.25, -0.2) is 12.8 Å². The number of sulfonamides is 1. The fourth-order valence-corrected chi connectivity index (χ4v) is 5.62. The van der Waals surface area contributed by atoms with Gasteiger partial charge < -0.3 is 24.4 Å². The molecule has 0 fully saturated rings. The third-order valence-electron chi connectivity index (χ3n) is 6.93. The largest absolute Gasteiger partial charge is 0.484 e. The fourth-order valence-electron chi connectivity index (χ4n) is 4.43. The molecule has 5 rings (SSSR count). The minimum absolute atomic E-state index is 0.0531. The maximum atomic E-state index is 13.4. The molecule has 2 N–H and O–H groups in total. The topological polar surface area (TPSA) is 123 Å². The van der Waals surface area contributed by atoms with Crippen molar-refractivity contribution < 1.29 is 36.6 Å². The van der Waals surface area contributed by atoms with Gasteiger partial charge in [0, 0.05) is 23.8 Å². The number of amides is 2. The number of ether oxygens (including phenoxy) is 3. The lowest BCUT2D eigenvalue weighted by Crippen LogP contribution is -2.48. The molecule has 45 heavy (non-hydrogen) atoms. The van der Waals surface area contributed by atoms with E-state index in [0.29, 0.717) is 16.5 Å². The van der Waals surface area contributed by atoms with E-state index in [1.807, 2.05) is 6.07 Å². The zero-order valence-electron chi connectivity index (χ0n) is 24.0. The Hall–Kier alpha value is -4.81. The summed E-state index contributed by atoms with van der Waals surface area (Å²) in [7, 11) is -3.95. The third kappa shape index (κ3) is 8.22. The quantitative estimate of drug-likeness (QED) is 0.218. The Morgan fingerprint density at radius 2 is 1.60 bits per heavy atom. The second-order valence-corrected chi connectivity index (χ2v) is 12.2. The summed E-state index contributed by atoms with van der Waals surface area (Å²) < 4.78 is 57.4. The predicted octanol–water partition coefficient (Wildman–Crippen LogP) is 5.12. The Morgan fingerprint density at radius 3 is 2.31 bits per heavy atom. The van der Waals surface area contributed by atoms with Crippen LogP contribution in [0.4, 0.5) is 10.1 Å². The fraction of sp³-hybridized carbons (Fsp3) is 0.188. The molecule has 0 unspecified atom stereocenters. The van der Waals surface area contributed by atoms with Gasteiger partial charge in [-0.1, -0.05) is 29.8 Å². The average molecular weight is 654 g/mol. The van der Waals surface area contributed by atoms with E-state index in [9.17, 15) is 22.4 Å². The highest BCUT2D eigenvalue weighted by atomic mass is 35.5. The van der Waals surface area contributed by atoms with Crippen LogP contribution in [0.1, 0.15) is 18.1 Å². The van der Waals surface area contributed by atoms with Gasteiger partial charge in [0.1, 0.15) is 17.6 Å². The molecular formula is C32H29ClFN3O7S. The van der Waals surface area contributed by atoms with Crippen molar-refractivity contribution >= 4 is 39.1 Å². The van der Waals surface area contributed by atoms with E-state index in [1.54, 1.807) is 43.3 Å². The molecule has 1 aliphatic rings. The molecule has 0 radical (unpaired) electrons. The molecule has 1 heterocycles. The van der Waals surface area contributed by atoms with Crippen LogP contribution in [0.3, 0.4) is 0 Å². The number of hydrogen-bond acceptors (Lipinski definition) is 7. The minimum Gasteiger partial charge on any atom is -0.484 e. The first-order valence-electron chi connectivity index (χ1n) is 13.8. The average Bonchev–Trinajstić information content (AvgIpc) is 3.51. The zero-order chi connectivity index (χ0) is 32.0. The van der Waals surface area contributed by atoms with E-state index >= 15 is 0 Å². The highest BCUT2D eigenvalue weighted by Crippen LogP contribution is 2.32. The molecule has 1 atom stereocenters. The van der Waals surface area contributed by atoms with Crippen LogP contribution in [0.25, 0.3) is 0 Å². The van der Waals surface area contributed by atoms with Crippen LogP contribution in [-0.2, 0) is 32.7 Å². The lowest BCUT2D eigenvalue weighted by atomic mass is 10.1. The number of nitrogens with zero attached hydrogens (tertiary/aromatic N) is 1. The molecule has 0 bridgehead atoms. The maximum absolute atomic E-state index is 13.4. The van der Waals surface area contributed by atoms with Crippen molar-refractivity contribution in [2.24, 2.45) is 0 Å². The van der Waals surface area contributed by atoms with Crippen molar-refractivity contribution in [1.82, 2.24) is 10.2 Å². The molecule has 0 spiro atoms. The molecule has 1 aliphatic heterocycles. The summed E-state index contributed by atoms with van der Waals surface area (Å²) in [5.74, 6) is 0.147. The van der Waals surface area contributed by atoms with Crippen LogP contribution < -0.4 is 24.2 Å². The van der Waals surface area contributed by atoms with Crippen LogP contribution in [0.2, 0.25) is 5.02 Å². The first-order chi connectivity index (χ1) is 21.6. The lowest BCUT2D eigenvalue weighted by Gasteiger charge is -2.29. The van der Waals surface area contributed by atoms with Crippen molar-refractivity contribution in [2.45, 2.75) is 31.0 Å². The van der Waals surface area contributed by atoms with Crippen molar-refractivity contribution in [1.29, 1.82) is 0 Å². The van der Waals surface area contributed by atoms with E-state index in [2.05, 4.69) is 10.0 Å². The van der Waals surface area contributed by atoms with Crippen LogP contribution in [0.5, 0.6) is 17.2 Å². The number of hydrogen-bond donors (Lipinski definition) is 2. The zero-order valence-corrected chi connectivity index (χ0v) is 25.6. The molecule has 0 aliphatic carbocycles. The number of nitrogens with one attached hydrogen (secondary N) is 2. The van der Waals surface area contributed by atoms with Crippen molar-refractivity contribution in [3.05, 3.63) is 113 Å². The van der Waals surface area contributed by atoms with E-state index in [0.717, 1.165) is 23.3 Å². The molecule has 4 aromatic rings. The van der Waals surface area contributed by atoms with Gasteiger partial charge in [0.2, 0.25) is 12.7 Å². The number of halogens is 2. The molecular weight excluding hydrogens is 625 g/mol. The van der Waals surface area contributed by atoms with Gasteiger partial charge in [0.15, 0.2) is 18.1 Å². The van der Waals surface area contributed by atoms with Crippen molar-refractivity contribution in [3.8, 4) is 17.2 Å². The Balaban J connectivity index is 1.23. The number of carbonyl (C=O) groups is 2. The number of fused-ring (bicyclic) bond motifs is 1. The molecule has 0 aromatic heterocycles. The maximum Gasteiger partial charge on any atom is 0.261 e. The summed E-state index contributed by atoms with van der Waals surface area (Å²) in [6, 6.07) is 21.8. The van der Waals surface area contributed by atoms with Gasteiger partial charge in [0.05, 0.1) is 4.90 Å². The smallest absolute Gasteiger partial charge is 0.261 e. The van der Waals surface area contributed by atoms with E-state index in [4.69, 9.17) is 25.8 Å². The Labute approximate surface area is 264 Å². The summed E-state index contributed by atoms with van der Waals surface area (Å²) in [6.45, 7) is 1.68. The summed E-state index contributed by atoms with van der Waals surface area (Å²) in [4.78, 5) is 27.9. The standard InChI is InChI=1S/C32H29ClFN3O7S/c1-21(32(39)35-17-23-4-15-29-30(16-23)44-20-43-29)37(18-22-2-5-24(33)6-3-22)31(38)19-42-27-11-13-28(14-12-27)45(40,41)36-26-9-7-25(34)8-10-26/h2-16,21,36H,17-20H2,1H3,(H,35,39)/t21-/m0/s1. The Bertz CT molecular complexity index is 1770. The van der Waals surface area contributed by atoms with Gasteiger partial charge in [0.25, 0.3) is 15.9 Å². The third-order valence-corrected chi connectivity index (χ3v) is 8.58. The van der Waals surface area contributed by atoms with Gasteiger partial charge in [-0.05, 0) is 90.8 Å². The number of benzene rings is 4. The normalized spacial score (nSPS) is 12.7. The van der Waals surface area contributed by atoms with E-state index in [1.165, 1.54) is 41.3 Å². The number of anilines is 1. The molecule has 0 saturated carbocycles. The molecule has 2 amide bonds. The van der Waals surface area contributed by atoms with Gasteiger partial charge in [-0.3, -0.25) is 14.3 Å². The monoisotopic (exact) mass is 653 g/mol. The lowest BCUT2D eigenvalue weighted by molar-refractivity contribution is -0.142. The minimum atomic E-state index is -3.95. The number of carbonyl (C=O) groups excluding carboxylic acids is 2. The van der Waals surface area contributed by atoms with Crippen molar-refractivity contribution in [2.75, 3.05) is 18.1 Å². The molecule has 0 saturated heterocycles. The first-order valence-corrected chi connectivity index (χ1v) is 15.6. The number of rotatable bonds is 12. The van der Waals surface area contributed by atoms with Crippen LogP contribution >= 0.6 is 11.6 Å². The molecule has 234 valence electrons.